The number of aliphatic hydroxyl groups is 1. The standard InChI is InChI=1S/C14H27N3O/c1-6-10(2)12(18)9-15-7-11-8-16-17-13(11)14(3,4)5/h8,10,12,15,18H,6-7,9H2,1-5H3,(H,16,17). The second-order valence-corrected chi connectivity index (χ2v) is 6.10. The second-order valence-electron chi connectivity index (χ2n) is 6.10. The molecule has 0 aliphatic heterocycles. The number of aromatic amines is 1. The molecule has 4 nitrogen and oxygen atoms in total. The summed E-state index contributed by atoms with van der Waals surface area (Å²) in [4.78, 5) is 0. The Labute approximate surface area is 110 Å². The molecule has 1 heterocycles. The Balaban J connectivity index is 2.48. The van der Waals surface area contributed by atoms with Crippen molar-refractivity contribution in [2.24, 2.45) is 5.92 Å². The van der Waals surface area contributed by atoms with Gasteiger partial charge in [0, 0.05) is 29.8 Å². The zero-order chi connectivity index (χ0) is 13.8. The van der Waals surface area contributed by atoms with E-state index in [4.69, 9.17) is 0 Å². The summed E-state index contributed by atoms with van der Waals surface area (Å²) in [6.07, 6.45) is 2.59. The molecule has 104 valence electrons. The van der Waals surface area contributed by atoms with Crippen molar-refractivity contribution in [3.63, 3.8) is 0 Å². The fraction of sp³-hybridized carbons (Fsp3) is 0.786. The van der Waals surface area contributed by atoms with E-state index in [2.05, 4.69) is 50.1 Å². The fourth-order valence-corrected chi connectivity index (χ4v) is 1.92. The third-order valence-electron chi connectivity index (χ3n) is 3.44. The summed E-state index contributed by atoms with van der Waals surface area (Å²) in [5.74, 6) is 0.337. The molecular weight excluding hydrogens is 226 g/mol. The highest BCUT2D eigenvalue weighted by molar-refractivity contribution is 5.23. The highest BCUT2D eigenvalue weighted by Crippen LogP contribution is 2.23. The molecule has 4 heteroatoms. The summed E-state index contributed by atoms with van der Waals surface area (Å²) in [6.45, 7) is 12.0. The Bertz CT molecular complexity index is 354. The molecule has 3 N–H and O–H groups in total. The van der Waals surface area contributed by atoms with Crippen molar-refractivity contribution in [3.8, 4) is 0 Å². The first kappa shape index (κ1) is 15.2. The molecule has 0 bridgehead atoms. The van der Waals surface area contributed by atoms with E-state index < -0.39 is 0 Å². The topological polar surface area (TPSA) is 60.9 Å². The molecular formula is C14H27N3O. The van der Waals surface area contributed by atoms with Crippen molar-refractivity contribution in [3.05, 3.63) is 17.5 Å². The molecule has 18 heavy (non-hydrogen) atoms. The van der Waals surface area contributed by atoms with E-state index in [0.29, 0.717) is 12.5 Å². The number of H-pyrrole nitrogens is 1. The van der Waals surface area contributed by atoms with Gasteiger partial charge in [-0.15, -0.1) is 0 Å². The van der Waals surface area contributed by atoms with E-state index in [1.165, 1.54) is 5.56 Å². The van der Waals surface area contributed by atoms with E-state index in [1.807, 2.05) is 6.20 Å². The molecule has 0 aliphatic carbocycles. The number of aromatic nitrogens is 2. The van der Waals surface area contributed by atoms with Crippen LogP contribution < -0.4 is 5.32 Å². The second kappa shape index (κ2) is 6.34. The van der Waals surface area contributed by atoms with Gasteiger partial charge in [-0.1, -0.05) is 41.0 Å². The van der Waals surface area contributed by atoms with Crippen LogP contribution in [0.5, 0.6) is 0 Å². The maximum absolute atomic E-state index is 9.89. The van der Waals surface area contributed by atoms with Crippen LogP contribution in [-0.2, 0) is 12.0 Å². The van der Waals surface area contributed by atoms with Crippen molar-refractivity contribution in [2.75, 3.05) is 6.54 Å². The zero-order valence-electron chi connectivity index (χ0n) is 12.2. The summed E-state index contributed by atoms with van der Waals surface area (Å²) >= 11 is 0. The van der Waals surface area contributed by atoms with Crippen LogP contribution >= 0.6 is 0 Å². The SMILES string of the molecule is CCC(C)C(O)CNCc1cn[nH]c1C(C)(C)C. The molecule has 0 spiro atoms. The van der Waals surface area contributed by atoms with Gasteiger partial charge in [-0.2, -0.15) is 5.10 Å². The summed E-state index contributed by atoms with van der Waals surface area (Å²) in [5.41, 5.74) is 2.41. The van der Waals surface area contributed by atoms with Crippen molar-refractivity contribution in [1.29, 1.82) is 0 Å². The Morgan fingerprint density at radius 2 is 2.11 bits per heavy atom. The van der Waals surface area contributed by atoms with Gasteiger partial charge in [-0.3, -0.25) is 5.10 Å². The number of nitrogens with zero attached hydrogens (tertiary/aromatic N) is 1. The van der Waals surface area contributed by atoms with Crippen molar-refractivity contribution in [1.82, 2.24) is 15.5 Å². The quantitative estimate of drug-likeness (QED) is 0.728. The van der Waals surface area contributed by atoms with E-state index in [-0.39, 0.29) is 11.5 Å². The maximum atomic E-state index is 9.89. The van der Waals surface area contributed by atoms with Gasteiger partial charge in [0.05, 0.1) is 12.3 Å². The van der Waals surface area contributed by atoms with Crippen LogP contribution in [0.2, 0.25) is 0 Å². The van der Waals surface area contributed by atoms with Gasteiger partial charge in [0.15, 0.2) is 0 Å². The van der Waals surface area contributed by atoms with Crippen LogP contribution in [-0.4, -0.2) is 28.0 Å². The van der Waals surface area contributed by atoms with Gasteiger partial charge in [0.25, 0.3) is 0 Å². The third kappa shape index (κ3) is 4.10. The van der Waals surface area contributed by atoms with Crippen LogP contribution in [0.4, 0.5) is 0 Å². The molecule has 0 saturated carbocycles. The Hall–Kier alpha value is -0.870. The van der Waals surface area contributed by atoms with Gasteiger partial charge in [-0.05, 0) is 5.92 Å². The first-order valence-electron chi connectivity index (χ1n) is 6.77. The van der Waals surface area contributed by atoms with Crippen LogP contribution in [0.15, 0.2) is 6.20 Å². The molecule has 0 fully saturated rings. The molecule has 1 aromatic rings. The Morgan fingerprint density at radius 3 is 2.67 bits per heavy atom. The lowest BCUT2D eigenvalue weighted by atomic mass is 9.89. The van der Waals surface area contributed by atoms with Gasteiger partial charge < -0.3 is 10.4 Å². The molecule has 0 saturated heterocycles. The first-order valence-corrected chi connectivity index (χ1v) is 6.77. The highest BCUT2D eigenvalue weighted by Gasteiger charge is 2.20. The average molecular weight is 253 g/mol. The normalized spacial score (nSPS) is 15.7. The Morgan fingerprint density at radius 1 is 1.44 bits per heavy atom. The zero-order valence-corrected chi connectivity index (χ0v) is 12.2. The minimum Gasteiger partial charge on any atom is -0.392 e. The number of nitrogens with one attached hydrogen (secondary N) is 2. The van der Waals surface area contributed by atoms with Gasteiger partial charge in [-0.25, -0.2) is 0 Å². The summed E-state index contributed by atoms with van der Waals surface area (Å²) in [6, 6.07) is 0. The van der Waals surface area contributed by atoms with E-state index in [9.17, 15) is 5.11 Å². The van der Waals surface area contributed by atoms with Crippen LogP contribution in [0.25, 0.3) is 0 Å². The molecule has 2 unspecified atom stereocenters. The minimum absolute atomic E-state index is 0.0723. The highest BCUT2D eigenvalue weighted by atomic mass is 16.3. The summed E-state index contributed by atoms with van der Waals surface area (Å²) in [7, 11) is 0. The molecule has 0 radical (unpaired) electrons. The number of hydrogen-bond acceptors (Lipinski definition) is 3. The minimum atomic E-state index is -0.278. The largest absolute Gasteiger partial charge is 0.392 e. The lowest BCUT2D eigenvalue weighted by Crippen LogP contribution is -2.31. The lowest BCUT2D eigenvalue weighted by molar-refractivity contribution is 0.112. The number of rotatable bonds is 6. The van der Waals surface area contributed by atoms with Crippen molar-refractivity contribution >= 4 is 0 Å². The average Bonchev–Trinajstić information content (AvgIpc) is 2.75. The third-order valence-corrected chi connectivity index (χ3v) is 3.44. The predicted molar refractivity (Wildman–Crippen MR) is 74.5 cm³/mol. The molecule has 1 rings (SSSR count). The maximum Gasteiger partial charge on any atom is 0.0690 e. The summed E-state index contributed by atoms with van der Waals surface area (Å²) in [5, 5.41) is 20.4. The number of hydrogen-bond donors (Lipinski definition) is 3. The van der Waals surface area contributed by atoms with E-state index >= 15 is 0 Å². The van der Waals surface area contributed by atoms with Crippen LogP contribution in [0, 0.1) is 5.92 Å². The monoisotopic (exact) mass is 253 g/mol. The van der Waals surface area contributed by atoms with E-state index in [0.717, 1.165) is 18.7 Å². The Kier molecular flexibility index (Phi) is 5.35. The molecule has 0 amide bonds. The van der Waals surface area contributed by atoms with Gasteiger partial charge >= 0.3 is 0 Å². The molecule has 0 aliphatic rings. The fourth-order valence-electron chi connectivity index (χ4n) is 1.92. The van der Waals surface area contributed by atoms with Crippen molar-refractivity contribution < 1.29 is 5.11 Å². The smallest absolute Gasteiger partial charge is 0.0690 e. The molecule has 2 atom stereocenters. The first-order chi connectivity index (χ1) is 8.36. The number of aliphatic hydroxyl groups excluding tert-OH is 1. The molecule has 0 aromatic carbocycles. The van der Waals surface area contributed by atoms with Gasteiger partial charge in [0.2, 0.25) is 0 Å². The summed E-state index contributed by atoms with van der Waals surface area (Å²) < 4.78 is 0. The van der Waals surface area contributed by atoms with E-state index in [1.54, 1.807) is 0 Å². The van der Waals surface area contributed by atoms with Crippen LogP contribution in [0.3, 0.4) is 0 Å². The van der Waals surface area contributed by atoms with Crippen LogP contribution in [0.1, 0.15) is 52.3 Å². The van der Waals surface area contributed by atoms with Gasteiger partial charge in [0.1, 0.15) is 0 Å². The molecule has 1 aromatic heterocycles. The lowest BCUT2D eigenvalue weighted by Gasteiger charge is -2.20. The van der Waals surface area contributed by atoms with Crippen molar-refractivity contribution in [2.45, 2.75) is 59.1 Å². The predicted octanol–water partition coefficient (Wildman–Crippen LogP) is 2.20.